The molecule has 0 saturated heterocycles. The second-order valence-electron chi connectivity index (χ2n) is 11.1. The molecule has 0 N–H and O–H groups in total. The van der Waals surface area contributed by atoms with Gasteiger partial charge >= 0.3 is 0 Å². The molecule has 0 heterocycles. The van der Waals surface area contributed by atoms with Crippen molar-refractivity contribution in [1.29, 1.82) is 0 Å². The van der Waals surface area contributed by atoms with E-state index in [1.807, 2.05) is 36.4 Å². The third-order valence-corrected chi connectivity index (χ3v) is 9.45. The molecule has 0 aromatic heterocycles. The first-order valence-corrected chi connectivity index (χ1v) is 14.5. The maximum atomic E-state index is 13.2. The van der Waals surface area contributed by atoms with Crippen molar-refractivity contribution in [3.8, 4) is 34.5 Å². The Labute approximate surface area is 260 Å². The van der Waals surface area contributed by atoms with Crippen molar-refractivity contribution in [2.75, 3.05) is 56.9 Å². The lowest BCUT2D eigenvalue weighted by atomic mass is 9.46. The summed E-state index contributed by atoms with van der Waals surface area (Å²) in [5.41, 5.74) is 0.925. The molecule has 6 atom stereocenters. The highest BCUT2D eigenvalue weighted by Gasteiger charge is 2.60. The zero-order valence-corrected chi connectivity index (χ0v) is 27.3. The monoisotopic (exact) mass is 608 g/mol. The second-order valence-corrected chi connectivity index (χ2v) is 11.1. The molecule has 238 valence electrons. The molecule has 1 spiro atoms. The number of benzene rings is 2. The van der Waals surface area contributed by atoms with Crippen molar-refractivity contribution in [1.82, 2.24) is 0 Å². The predicted octanol–water partition coefficient (Wildman–Crippen LogP) is 6.32. The van der Waals surface area contributed by atoms with Gasteiger partial charge in [0.1, 0.15) is 17.3 Å². The lowest BCUT2D eigenvalue weighted by Crippen LogP contribution is -2.51. The number of hydrogen-bond acceptors (Lipinski definition) is 9. The first-order valence-electron chi connectivity index (χ1n) is 14.5. The lowest BCUT2D eigenvalue weighted by molar-refractivity contribution is -0.115. The van der Waals surface area contributed by atoms with E-state index in [4.69, 9.17) is 37.9 Å². The third-order valence-electron chi connectivity index (χ3n) is 9.45. The molecule has 9 nitrogen and oxygen atoms in total. The van der Waals surface area contributed by atoms with Gasteiger partial charge in [0.25, 0.3) is 0 Å². The van der Waals surface area contributed by atoms with Crippen LogP contribution in [0.2, 0.25) is 0 Å². The summed E-state index contributed by atoms with van der Waals surface area (Å²) in [7, 11) is 12.8. The molecule has 0 aliphatic heterocycles. The molecule has 2 aromatic rings. The van der Waals surface area contributed by atoms with Crippen molar-refractivity contribution in [3.05, 3.63) is 71.7 Å². The van der Waals surface area contributed by atoms with Crippen LogP contribution in [0.3, 0.4) is 0 Å². The molecule has 2 aromatic carbocycles. The molecule has 2 aliphatic carbocycles. The fourth-order valence-electron chi connectivity index (χ4n) is 7.69. The van der Waals surface area contributed by atoms with Gasteiger partial charge in [-0.3, -0.25) is 4.79 Å². The highest BCUT2D eigenvalue weighted by atomic mass is 16.5. The largest absolute Gasteiger partial charge is 0.500 e. The third kappa shape index (κ3) is 5.02. The first-order chi connectivity index (χ1) is 21.1. The molecule has 44 heavy (non-hydrogen) atoms. The van der Waals surface area contributed by atoms with Crippen molar-refractivity contribution in [2.24, 2.45) is 23.2 Å². The van der Waals surface area contributed by atoms with Gasteiger partial charge in [0.05, 0.1) is 62.3 Å². The summed E-state index contributed by atoms with van der Waals surface area (Å²) in [5.74, 6) is 3.22. The van der Waals surface area contributed by atoms with E-state index in [-0.39, 0.29) is 41.1 Å². The van der Waals surface area contributed by atoms with Crippen LogP contribution in [0.4, 0.5) is 0 Å². The normalized spacial score (nSPS) is 26.2. The smallest absolute Gasteiger partial charge is 0.223 e. The summed E-state index contributed by atoms with van der Waals surface area (Å²) < 4.78 is 46.5. The van der Waals surface area contributed by atoms with E-state index in [9.17, 15) is 4.79 Å². The Hall–Kier alpha value is -4.27. The van der Waals surface area contributed by atoms with Crippen LogP contribution >= 0.6 is 0 Å². The fourth-order valence-corrected chi connectivity index (χ4v) is 7.69. The van der Waals surface area contributed by atoms with Gasteiger partial charge in [0.15, 0.2) is 28.8 Å². The number of allylic oxidation sites excluding steroid dienone is 3. The average molecular weight is 609 g/mol. The minimum atomic E-state index is -0.887. The summed E-state index contributed by atoms with van der Waals surface area (Å²) in [6, 6.07) is 7.62. The molecular weight excluding hydrogens is 564 g/mol. The van der Waals surface area contributed by atoms with E-state index in [1.54, 1.807) is 49.8 Å². The number of carbonyl (C=O) groups is 1. The molecule has 1 fully saturated rings. The summed E-state index contributed by atoms with van der Waals surface area (Å²) in [6.45, 7) is 8.71. The van der Waals surface area contributed by atoms with Gasteiger partial charge in [0.2, 0.25) is 5.78 Å². The van der Waals surface area contributed by atoms with Gasteiger partial charge in [-0.2, -0.15) is 0 Å². The van der Waals surface area contributed by atoms with Gasteiger partial charge in [-0.25, -0.2) is 0 Å². The number of ether oxygens (including phenoxy) is 8. The Morgan fingerprint density at radius 1 is 0.636 bits per heavy atom. The highest BCUT2D eigenvalue weighted by Crippen LogP contribution is 2.67. The second kappa shape index (κ2) is 13.2. The Morgan fingerprint density at radius 3 is 1.57 bits per heavy atom. The Kier molecular flexibility index (Phi) is 9.76. The van der Waals surface area contributed by atoms with Crippen LogP contribution in [0.5, 0.6) is 34.5 Å². The Bertz CT molecular complexity index is 1460. The number of ketones is 1. The fraction of sp³-hybridized carbons (Fsp3) is 0.457. The van der Waals surface area contributed by atoms with Crippen LogP contribution in [-0.4, -0.2) is 62.7 Å². The van der Waals surface area contributed by atoms with Crippen LogP contribution in [-0.2, 0) is 14.3 Å². The van der Waals surface area contributed by atoms with Crippen molar-refractivity contribution < 1.29 is 42.7 Å². The summed E-state index contributed by atoms with van der Waals surface area (Å²) in [5, 5.41) is 0. The van der Waals surface area contributed by atoms with Gasteiger partial charge in [0, 0.05) is 35.3 Å². The van der Waals surface area contributed by atoms with Crippen molar-refractivity contribution in [3.63, 3.8) is 0 Å². The summed E-state index contributed by atoms with van der Waals surface area (Å²) >= 11 is 0. The Morgan fingerprint density at radius 2 is 1.11 bits per heavy atom. The lowest BCUT2D eigenvalue weighted by Gasteiger charge is -2.57. The topological polar surface area (TPSA) is 90.9 Å². The SMILES string of the molecule is C=C[C@@H]1[C@H](C)[C@H](c2cc(OC)c(OC)cc2OC)[C@@H](C)[C@H](c2cc(OC)c(OC)cc2OC)[C@]12C=C(OC)C(=O)C=C2OC. The van der Waals surface area contributed by atoms with Crippen LogP contribution in [0.15, 0.2) is 60.6 Å². The Balaban J connectivity index is 2.14. The maximum Gasteiger partial charge on any atom is 0.223 e. The zero-order valence-electron chi connectivity index (χ0n) is 27.3. The van der Waals surface area contributed by atoms with E-state index in [1.165, 1.54) is 13.2 Å². The van der Waals surface area contributed by atoms with E-state index in [0.717, 1.165) is 11.1 Å². The molecule has 2 aliphatic rings. The van der Waals surface area contributed by atoms with Crippen molar-refractivity contribution in [2.45, 2.75) is 25.7 Å². The zero-order chi connectivity index (χ0) is 32.3. The molecule has 0 radical (unpaired) electrons. The van der Waals surface area contributed by atoms with Crippen LogP contribution < -0.4 is 28.4 Å². The summed E-state index contributed by atoms with van der Waals surface area (Å²) in [4.78, 5) is 13.2. The number of hydrogen-bond donors (Lipinski definition) is 0. The van der Waals surface area contributed by atoms with Crippen molar-refractivity contribution >= 4 is 5.78 Å². The predicted molar refractivity (Wildman–Crippen MR) is 167 cm³/mol. The standard InChI is InChI=1S/C35H44O9/c1-12-23-19(2)33(21-13-27(39-6)29(41-8)16-25(21)37-4)20(3)34(22-14-28(40-7)30(42-9)17-26(22)38-5)35(23)18-31(43-10)24(36)15-32(35)44-11/h12-20,23,33-34H,1H2,2-11H3/t19-,20+,23+,33-,34+,35+/m0/s1. The van der Waals surface area contributed by atoms with E-state index in [2.05, 4.69) is 20.4 Å². The molecule has 0 amide bonds. The van der Waals surface area contributed by atoms with E-state index < -0.39 is 5.41 Å². The molecule has 9 heteroatoms. The van der Waals surface area contributed by atoms with Gasteiger partial charge in [-0.1, -0.05) is 19.9 Å². The van der Waals surface area contributed by atoms with E-state index >= 15 is 0 Å². The minimum absolute atomic E-state index is 0.0296. The molecule has 0 bridgehead atoms. The summed E-state index contributed by atoms with van der Waals surface area (Å²) in [6.07, 6.45) is 5.39. The molecular formula is C35H44O9. The van der Waals surface area contributed by atoms with E-state index in [0.29, 0.717) is 40.3 Å². The van der Waals surface area contributed by atoms with Gasteiger partial charge in [-0.15, -0.1) is 6.58 Å². The van der Waals surface area contributed by atoms with Gasteiger partial charge in [-0.05, 0) is 41.9 Å². The van der Waals surface area contributed by atoms with Crippen LogP contribution in [0.1, 0.15) is 36.8 Å². The molecule has 1 saturated carbocycles. The van der Waals surface area contributed by atoms with Gasteiger partial charge < -0.3 is 37.9 Å². The highest BCUT2D eigenvalue weighted by molar-refractivity contribution is 6.04. The molecule has 0 unspecified atom stereocenters. The van der Waals surface area contributed by atoms with Crippen LogP contribution in [0.25, 0.3) is 0 Å². The number of methoxy groups -OCH3 is 8. The average Bonchev–Trinajstić information content (AvgIpc) is 3.04. The quantitative estimate of drug-likeness (QED) is 0.272. The molecule has 4 rings (SSSR count). The maximum absolute atomic E-state index is 13.2. The number of rotatable bonds is 11. The first kappa shape index (κ1) is 32.6. The number of carbonyl (C=O) groups excluding carboxylic acids is 1. The van der Waals surface area contributed by atoms with Crippen LogP contribution in [0, 0.1) is 23.2 Å². The minimum Gasteiger partial charge on any atom is -0.500 e.